The van der Waals surface area contributed by atoms with E-state index in [1.807, 2.05) is 32.0 Å². The molecule has 0 saturated carbocycles. The molecule has 1 aromatic rings. The Labute approximate surface area is 129 Å². The van der Waals surface area contributed by atoms with Gasteiger partial charge in [0.2, 0.25) is 5.91 Å². The van der Waals surface area contributed by atoms with Crippen molar-refractivity contribution in [3.8, 4) is 0 Å². The number of carbonyl (C=O) groups is 3. The van der Waals surface area contributed by atoms with Gasteiger partial charge in [0.25, 0.3) is 5.91 Å². The lowest BCUT2D eigenvalue weighted by molar-refractivity contribution is -0.157. The highest BCUT2D eigenvalue weighted by atomic mass is 16.5. The van der Waals surface area contributed by atoms with Gasteiger partial charge < -0.3 is 15.4 Å². The van der Waals surface area contributed by atoms with Gasteiger partial charge in [-0.3, -0.25) is 14.4 Å². The van der Waals surface area contributed by atoms with E-state index in [-0.39, 0.29) is 18.9 Å². The van der Waals surface area contributed by atoms with Gasteiger partial charge in [0.05, 0.1) is 5.92 Å². The molecule has 0 radical (unpaired) electrons. The van der Waals surface area contributed by atoms with Crippen molar-refractivity contribution in [2.75, 3.05) is 11.4 Å². The predicted molar refractivity (Wildman–Crippen MR) is 81.1 cm³/mol. The number of primary amides is 1. The van der Waals surface area contributed by atoms with E-state index in [1.165, 1.54) is 6.92 Å². The van der Waals surface area contributed by atoms with Crippen LogP contribution in [0.15, 0.2) is 18.2 Å². The molecule has 0 bridgehead atoms. The zero-order valence-corrected chi connectivity index (χ0v) is 13.0. The van der Waals surface area contributed by atoms with Crippen molar-refractivity contribution >= 4 is 23.5 Å². The fourth-order valence-electron chi connectivity index (χ4n) is 2.45. The molecule has 1 aromatic carbocycles. The van der Waals surface area contributed by atoms with E-state index in [9.17, 15) is 14.4 Å². The largest absolute Gasteiger partial charge is 0.452 e. The Morgan fingerprint density at radius 2 is 2.05 bits per heavy atom. The number of amides is 2. The minimum atomic E-state index is -0.989. The lowest BCUT2D eigenvalue weighted by atomic mass is 10.1. The lowest BCUT2D eigenvalue weighted by Gasteiger charge is -2.20. The summed E-state index contributed by atoms with van der Waals surface area (Å²) in [7, 11) is 0. The molecule has 1 fully saturated rings. The predicted octanol–water partition coefficient (Wildman–Crippen LogP) is 1.07. The van der Waals surface area contributed by atoms with Crippen molar-refractivity contribution in [1.29, 1.82) is 0 Å². The molecule has 0 unspecified atom stereocenters. The average Bonchev–Trinajstić information content (AvgIpc) is 2.83. The zero-order valence-electron chi connectivity index (χ0n) is 13.0. The SMILES string of the molecule is Cc1cccc(N2C[C@H](C(=O)O[C@H](C)C(N)=O)CC2=O)c1C. The van der Waals surface area contributed by atoms with Crippen LogP contribution >= 0.6 is 0 Å². The Balaban J connectivity index is 2.12. The van der Waals surface area contributed by atoms with Gasteiger partial charge in [-0.15, -0.1) is 0 Å². The van der Waals surface area contributed by atoms with Crippen molar-refractivity contribution in [2.24, 2.45) is 11.7 Å². The van der Waals surface area contributed by atoms with Crippen molar-refractivity contribution in [3.05, 3.63) is 29.3 Å². The summed E-state index contributed by atoms with van der Waals surface area (Å²) in [5.41, 5.74) is 7.97. The number of hydrogen-bond acceptors (Lipinski definition) is 4. The molecule has 2 rings (SSSR count). The Morgan fingerprint density at radius 3 is 2.68 bits per heavy atom. The Kier molecular flexibility index (Phi) is 4.49. The molecule has 1 saturated heterocycles. The summed E-state index contributed by atoms with van der Waals surface area (Å²) in [6.45, 7) is 5.59. The van der Waals surface area contributed by atoms with Crippen LogP contribution in [0.4, 0.5) is 5.69 Å². The summed E-state index contributed by atoms with van der Waals surface area (Å²) in [5, 5.41) is 0. The summed E-state index contributed by atoms with van der Waals surface area (Å²) >= 11 is 0. The maximum Gasteiger partial charge on any atom is 0.312 e. The van der Waals surface area contributed by atoms with Gasteiger partial charge in [-0.05, 0) is 38.0 Å². The van der Waals surface area contributed by atoms with Crippen molar-refractivity contribution in [3.63, 3.8) is 0 Å². The smallest absolute Gasteiger partial charge is 0.312 e. The highest BCUT2D eigenvalue weighted by Crippen LogP contribution is 2.29. The molecule has 2 atom stereocenters. The van der Waals surface area contributed by atoms with Crippen LogP contribution < -0.4 is 10.6 Å². The van der Waals surface area contributed by atoms with Crippen LogP contribution in [0.3, 0.4) is 0 Å². The molecule has 118 valence electrons. The Morgan fingerprint density at radius 1 is 1.36 bits per heavy atom. The first-order valence-electron chi connectivity index (χ1n) is 7.17. The van der Waals surface area contributed by atoms with E-state index in [2.05, 4.69) is 0 Å². The van der Waals surface area contributed by atoms with Crippen molar-refractivity contribution in [2.45, 2.75) is 33.3 Å². The maximum atomic E-state index is 12.2. The zero-order chi connectivity index (χ0) is 16.4. The molecule has 1 aliphatic rings. The summed E-state index contributed by atoms with van der Waals surface area (Å²) in [6.07, 6.45) is -0.908. The van der Waals surface area contributed by atoms with Crippen molar-refractivity contribution < 1.29 is 19.1 Å². The molecule has 1 heterocycles. The van der Waals surface area contributed by atoms with Crippen LogP contribution in [-0.2, 0) is 19.1 Å². The standard InChI is InChI=1S/C16H20N2O4/c1-9-5-4-6-13(10(9)2)18-8-12(7-14(18)19)16(21)22-11(3)15(17)20/h4-6,11-12H,7-8H2,1-3H3,(H2,17,20)/t11-,12-/m1/s1. The molecule has 1 aliphatic heterocycles. The number of nitrogens with zero attached hydrogens (tertiary/aromatic N) is 1. The number of anilines is 1. The number of hydrogen-bond donors (Lipinski definition) is 1. The third-order valence-electron chi connectivity index (χ3n) is 4.02. The van der Waals surface area contributed by atoms with Gasteiger partial charge >= 0.3 is 5.97 Å². The number of nitrogens with two attached hydrogens (primary N) is 1. The summed E-state index contributed by atoms with van der Waals surface area (Å²) in [6, 6.07) is 5.71. The van der Waals surface area contributed by atoms with E-state index in [1.54, 1.807) is 4.90 Å². The molecule has 0 aromatic heterocycles. The van der Waals surface area contributed by atoms with E-state index in [4.69, 9.17) is 10.5 Å². The highest BCUT2D eigenvalue weighted by Gasteiger charge is 2.37. The van der Waals surface area contributed by atoms with Gasteiger partial charge in [-0.2, -0.15) is 0 Å². The topological polar surface area (TPSA) is 89.7 Å². The average molecular weight is 304 g/mol. The van der Waals surface area contributed by atoms with E-state index >= 15 is 0 Å². The number of benzene rings is 1. The molecule has 2 amide bonds. The summed E-state index contributed by atoms with van der Waals surface area (Å²) in [4.78, 5) is 36.8. The molecular formula is C16H20N2O4. The second kappa shape index (κ2) is 6.17. The maximum absolute atomic E-state index is 12.2. The molecule has 0 spiro atoms. The Hall–Kier alpha value is -2.37. The van der Waals surface area contributed by atoms with E-state index in [0.717, 1.165) is 16.8 Å². The highest BCUT2D eigenvalue weighted by molar-refractivity contribution is 6.00. The van der Waals surface area contributed by atoms with Crippen LogP contribution in [0.5, 0.6) is 0 Å². The first-order chi connectivity index (χ1) is 10.3. The molecule has 22 heavy (non-hydrogen) atoms. The minimum Gasteiger partial charge on any atom is -0.452 e. The second-order valence-corrected chi connectivity index (χ2v) is 5.61. The van der Waals surface area contributed by atoms with Gasteiger partial charge in [-0.25, -0.2) is 0 Å². The number of rotatable bonds is 4. The fourth-order valence-corrected chi connectivity index (χ4v) is 2.45. The van der Waals surface area contributed by atoms with E-state index in [0.29, 0.717) is 0 Å². The van der Waals surface area contributed by atoms with Gasteiger partial charge in [0.1, 0.15) is 0 Å². The lowest BCUT2D eigenvalue weighted by Crippen LogP contribution is -2.33. The molecule has 6 heteroatoms. The first-order valence-corrected chi connectivity index (χ1v) is 7.17. The molecule has 6 nitrogen and oxygen atoms in total. The van der Waals surface area contributed by atoms with Crippen LogP contribution in [-0.4, -0.2) is 30.4 Å². The second-order valence-electron chi connectivity index (χ2n) is 5.61. The van der Waals surface area contributed by atoms with Crippen LogP contribution in [0, 0.1) is 19.8 Å². The summed E-state index contributed by atoms with van der Waals surface area (Å²) in [5.74, 6) is -1.96. The number of esters is 1. The normalized spacial score (nSPS) is 19.1. The quantitative estimate of drug-likeness (QED) is 0.843. The minimum absolute atomic E-state index is 0.0810. The molecule has 0 aliphatic carbocycles. The first kappa shape index (κ1) is 16.0. The monoisotopic (exact) mass is 304 g/mol. The van der Waals surface area contributed by atoms with Crippen LogP contribution in [0.2, 0.25) is 0 Å². The third-order valence-corrected chi connectivity index (χ3v) is 4.02. The molecule has 2 N–H and O–H groups in total. The van der Waals surface area contributed by atoms with Crippen LogP contribution in [0.25, 0.3) is 0 Å². The molecular weight excluding hydrogens is 284 g/mol. The van der Waals surface area contributed by atoms with Crippen molar-refractivity contribution in [1.82, 2.24) is 0 Å². The number of carbonyl (C=O) groups excluding carboxylic acids is 3. The van der Waals surface area contributed by atoms with E-state index < -0.39 is 23.9 Å². The van der Waals surface area contributed by atoms with Gasteiger partial charge in [-0.1, -0.05) is 12.1 Å². The van der Waals surface area contributed by atoms with Gasteiger partial charge in [0, 0.05) is 18.7 Å². The number of ether oxygens (including phenoxy) is 1. The number of aryl methyl sites for hydroxylation is 1. The fraction of sp³-hybridized carbons (Fsp3) is 0.438. The van der Waals surface area contributed by atoms with Crippen LogP contribution in [0.1, 0.15) is 24.5 Å². The third kappa shape index (κ3) is 3.10. The summed E-state index contributed by atoms with van der Waals surface area (Å²) < 4.78 is 4.99. The Bertz CT molecular complexity index is 627. The van der Waals surface area contributed by atoms with Gasteiger partial charge in [0.15, 0.2) is 6.10 Å².